The van der Waals surface area contributed by atoms with Crippen molar-refractivity contribution in [2.75, 3.05) is 6.54 Å². The van der Waals surface area contributed by atoms with Crippen LogP contribution in [0, 0.1) is 6.92 Å². The maximum Gasteiger partial charge on any atom is 0.264 e. The Labute approximate surface area is 146 Å². The van der Waals surface area contributed by atoms with Crippen LogP contribution in [0.25, 0.3) is 10.9 Å². The summed E-state index contributed by atoms with van der Waals surface area (Å²) in [7, 11) is 0. The molecule has 126 valence electrons. The lowest BCUT2D eigenvalue weighted by molar-refractivity contribution is -0.138. The second-order valence-electron chi connectivity index (χ2n) is 7.06. The monoisotopic (exact) mass is 332 g/mol. The lowest BCUT2D eigenvalue weighted by Gasteiger charge is -2.29. The van der Waals surface area contributed by atoms with Gasteiger partial charge in [0.15, 0.2) is 6.10 Å². The summed E-state index contributed by atoms with van der Waals surface area (Å²) in [5.74, 6) is 0.949. The van der Waals surface area contributed by atoms with Crippen LogP contribution in [0.2, 0.25) is 0 Å². The number of benzene rings is 2. The van der Waals surface area contributed by atoms with Crippen molar-refractivity contribution in [2.24, 2.45) is 0 Å². The third-order valence-corrected chi connectivity index (χ3v) is 5.36. The number of nitrogens with one attached hydrogen (secondary N) is 1. The van der Waals surface area contributed by atoms with Gasteiger partial charge in [-0.3, -0.25) is 4.79 Å². The Bertz CT molecular complexity index is 964. The predicted octanol–water partition coefficient (Wildman–Crippen LogP) is 3.36. The Morgan fingerprint density at radius 3 is 3.00 bits per heavy atom. The van der Waals surface area contributed by atoms with E-state index in [1.165, 1.54) is 22.2 Å². The largest absolute Gasteiger partial charge is 0.480 e. The Kier molecular flexibility index (Phi) is 3.14. The highest BCUT2D eigenvalue weighted by Gasteiger charge is 2.34. The van der Waals surface area contributed by atoms with Crippen molar-refractivity contribution in [3.8, 4) is 5.75 Å². The highest BCUT2D eigenvalue weighted by atomic mass is 16.5. The number of fused-ring (bicyclic) bond motifs is 4. The molecule has 0 saturated heterocycles. The van der Waals surface area contributed by atoms with Crippen LogP contribution >= 0.6 is 0 Å². The summed E-state index contributed by atoms with van der Waals surface area (Å²) >= 11 is 0. The van der Waals surface area contributed by atoms with Gasteiger partial charge in [0.2, 0.25) is 0 Å². The van der Waals surface area contributed by atoms with Gasteiger partial charge in [-0.25, -0.2) is 0 Å². The van der Waals surface area contributed by atoms with Crippen molar-refractivity contribution in [1.82, 2.24) is 9.88 Å². The van der Waals surface area contributed by atoms with Crippen molar-refractivity contribution in [3.05, 3.63) is 64.8 Å². The molecule has 3 heterocycles. The molecule has 0 spiro atoms. The minimum atomic E-state index is -0.383. The van der Waals surface area contributed by atoms with E-state index in [1.807, 2.05) is 29.2 Å². The number of aromatic amines is 1. The lowest BCUT2D eigenvalue weighted by atomic mass is 10.0. The SMILES string of the molecule is Cc1ccc2[nH]c3c(c2c1)CN(C(=O)[C@@H]1Cc2ccccc2O1)CC3. The van der Waals surface area contributed by atoms with Gasteiger partial charge in [0.1, 0.15) is 5.75 Å². The highest BCUT2D eigenvalue weighted by molar-refractivity contribution is 5.87. The van der Waals surface area contributed by atoms with E-state index in [0.29, 0.717) is 13.0 Å². The number of aromatic nitrogens is 1. The lowest BCUT2D eigenvalue weighted by Crippen LogP contribution is -2.43. The molecule has 0 bridgehead atoms. The van der Waals surface area contributed by atoms with E-state index in [-0.39, 0.29) is 12.0 Å². The number of aryl methyl sites for hydroxylation is 1. The van der Waals surface area contributed by atoms with Gasteiger partial charge in [-0.1, -0.05) is 29.8 Å². The molecule has 0 saturated carbocycles. The third-order valence-electron chi connectivity index (χ3n) is 5.36. The van der Waals surface area contributed by atoms with Crippen LogP contribution in [0.5, 0.6) is 5.75 Å². The minimum Gasteiger partial charge on any atom is -0.480 e. The van der Waals surface area contributed by atoms with Crippen molar-refractivity contribution in [3.63, 3.8) is 0 Å². The molecule has 1 N–H and O–H groups in total. The molecule has 1 amide bonds. The van der Waals surface area contributed by atoms with E-state index >= 15 is 0 Å². The molecule has 2 aliphatic heterocycles. The second kappa shape index (κ2) is 5.38. The fraction of sp³-hybridized carbons (Fsp3) is 0.286. The van der Waals surface area contributed by atoms with Crippen LogP contribution in [0.1, 0.15) is 22.4 Å². The first kappa shape index (κ1) is 14.6. The molecule has 5 rings (SSSR count). The smallest absolute Gasteiger partial charge is 0.264 e. The number of carbonyl (C=O) groups is 1. The summed E-state index contributed by atoms with van der Waals surface area (Å²) in [6.07, 6.45) is 1.16. The van der Waals surface area contributed by atoms with Crippen molar-refractivity contribution >= 4 is 16.8 Å². The van der Waals surface area contributed by atoms with Gasteiger partial charge in [-0.05, 0) is 30.7 Å². The van der Waals surface area contributed by atoms with Gasteiger partial charge in [-0.2, -0.15) is 0 Å². The Hall–Kier alpha value is -2.75. The van der Waals surface area contributed by atoms with E-state index in [2.05, 4.69) is 30.1 Å². The van der Waals surface area contributed by atoms with E-state index in [1.54, 1.807) is 0 Å². The molecule has 0 radical (unpaired) electrons. The number of para-hydroxylation sites is 1. The maximum absolute atomic E-state index is 13.0. The van der Waals surface area contributed by atoms with Crippen molar-refractivity contribution in [2.45, 2.75) is 32.4 Å². The zero-order valence-corrected chi connectivity index (χ0v) is 14.2. The number of nitrogens with zero attached hydrogens (tertiary/aromatic N) is 1. The number of hydrogen-bond acceptors (Lipinski definition) is 2. The van der Waals surface area contributed by atoms with Gasteiger partial charge < -0.3 is 14.6 Å². The molecule has 0 unspecified atom stereocenters. The van der Waals surface area contributed by atoms with Gasteiger partial charge in [0.05, 0.1) is 0 Å². The van der Waals surface area contributed by atoms with Crippen LogP contribution in [-0.2, 0) is 24.2 Å². The molecule has 25 heavy (non-hydrogen) atoms. The zero-order valence-electron chi connectivity index (χ0n) is 14.2. The molecule has 0 aliphatic carbocycles. The highest BCUT2D eigenvalue weighted by Crippen LogP contribution is 2.32. The Balaban J connectivity index is 1.41. The minimum absolute atomic E-state index is 0.101. The molecule has 4 nitrogen and oxygen atoms in total. The Morgan fingerprint density at radius 1 is 1.24 bits per heavy atom. The summed E-state index contributed by atoms with van der Waals surface area (Å²) in [5.41, 5.74) is 6.05. The van der Waals surface area contributed by atoms with E-state index in [4.69, 9.17) is 4.74 Å². The van der Waals surface area contributed by atoms with Gasteiger partial charge in [-0.15, -0.1) is 0 Å². The van der Waals surface area contributed by atoms with E-state index < -0.39 is 0 Å². The molecular weight excluding hydrogens is 312 g/mol. The first-order chi connectivity index (χ1) is 12.2. The van der Waals surface area contributed by atoms with Crippen LogP contribution in [0.15, 0.2) is 42.5 Å². The van der Waals surface area contributed by atoms with E-state index in [9.17, 15) is 4.79 Å². The number of H-pyrrole nitrogens is 1. The number of amides is 1. The molecule has 2 aromatic carbocycles. The first-order valence-electron chi connectivity index (χ1n) is 8.82. The zero-order chi connectivity index (χ0) is 17.0. The van der Waals surface area contributed by atoms with Gasteiger partial charge in [0, 0.05) is 48.1 Å². The fourth-order valence-corrected chi connectivity index (χ4v) is 4.04. The third kappa shape index (κ3) is 2.32. The topological polar surface area (TPSA) is 45.3 Å². The Morgan fingerprint density at radius 2 is 2.12 bits per heavy atom. The molecule has 1 atom stereocenters. The number of ether oxygens (including phenoxy) is 1. The van der Waals surface area contributed by atoms with Crippen LogP contribution < -0.4 is 4.74 Å². The van der Waals surface area contributed by atoms with Crippen molar-refractivity contribution < 1.29 is 9.53 Å². The molecular formula is C21H20N2O2. The van der Waals surface area contributed by atoms with Gasteiger partial charge in [0.25, 0.3) is 5.91 Å². The van der Waals surface area contributed by atoms with Crippen LogP contribution in [0.3, 0.4) is 0 Å². The molecule has 0 fully saturated rings. The molecule has 2 aliphatic rings. The average molecular weight is 332 g/mol. The quantitative estimate of drug-likeness (QED) is 0.743. The normalized spacial score (nSPS) is 18.8. The number of carbonyl (C=O) groups excluding carboxylic acids is 1. The second-order valence-corrected chi connectivity index (χ2v) is 7.06. The summed E-state index contributed by atoms with van der Waals surface area (Å²) in [6.45, 7) is 3.51. The number of rotatable bonds is 1. The first-order valence-corrected chi connectivity index (χ1v) is 8.82. The summed E-state index contributed by atoms with van der Waals surface area (Å²) in [5, 5.41) is 1.24. The van der Waals surface area contributed by atoms with E-state index in [0.717, 1.165) is 29.8 Å². The van der Waals surface area contributed by atoms with Gasteiger partial charge >= 0.3 is 0 Å². The molecule has 4 heteroatoms. The number of hydrogen-bond donors (Lipinski definition) is 1. The summed E-state index contributed by atoms with van der Waals surface area (Å²) in [6, 6.07) is 14.4. The molecule has 3 aromatic rings. The van der Waals surface area contributed by atoms with Crippen molar-refractivity contribution in [1.29, 1.82) is 0 Å². The summed E-state index contributed by atoms with van der Waals surface area (Å²) < 4.78 is 5.90. The fourth-order valence-electron chi connectivity index (χ4n) is 4.04. The summed E-state index contributed by atoms with van der Waals surface area (Å²) in [4.78, 5) is 18.5. The molecule has 1 aromatic heterocycles. The van der Waals surface area contributed by atoms with Crippen LogP contribution in [-0.4, -0.2) is 28.4 Å². The average Bonchev–Trinajstić information content (AvgIpc) is 3.21. The maximum atomic E-state index is 13.0. The standard InChI is InChI=1S/C21H20N2O2/c1-13-6-7-17-15(10-13)16-12-23(9-8-18(16)22-17)21(24)20-11-14-4-2-3-5-19(14)25-20/h2-7,10,20,22H,8-9,11-12H2,1H3/t20-/m0/s1. The van der Waals surface area contributed by atoms with Crippen LogP contribution in [0.4, 0.5) is 0 Å². The predicted molar refractivity (Wildman–Crippen MR) is 96.7 cm³/mol.